The molecule has 2 heterocycles. The number of likely N-dealkylation sites (tertiary alicyclic amines) is 1. The van der Waals surface area contributed by atoms with Crippen molar-refractivity contribution < 1.29 is 8.42 Å². The van der Waals surface area contributed by atoms with Crippen LogP contribution in [0.15, 0.2) is 59.5 Å². The van der Waals surface area contributed by atoms with E-state index in [4.69, 9.17) is 0 Å². The zero-order chi connectivity index (χ0) is 15.9. The molecule has 0 aliphatic carbocycles. The molecule has 0 radical (unpaired) electrons. The predicted molar refractivity (Wildman–Crippen MR) is 91.0 cm³/mol. The molecule has 2 aromatic rings. The summed E-state index contributed by atoms with van der Waals surface area (Å²) < 4.78 is 26.4. The van der Waals surface area contributed by atoms with Crippen LogP contribution in [-0.2, 0) is 9.84 Å². The predicted octanol–water partition coefficient (Wildman–Crippen LogP) is 3.74. The highest BCUT2D eigenvalue weighted by molar-refractivity contribution is 7.92. The SMILES string of the molecule is O=S1(=O)c2ccccc2C(N2CCCCC2)C1c1ccccc1. The Morgan fingerprint density at radius 2 is 1.48 bits per heavy atom. The Morgan fingerprint density at radius 1 is 0.826 bits per heavy atom. The van der Waals surface area contributed by atoms with Gasteiger partial charge in [0.05, 0.1) is 10.9 Å². The largest absolute Gasteiger partial charge is 0.295 e. The summed E-state index contributed by atoms with van der Waals surface area (Å²) in [5.41, 5.74) is 1.88. The summed E-state index contributed by atoms with van der Waals surface area (Å²) in [6.45, 7) is 1.97. The lowest BCUT2D eigenvalue weighted by atomic mass is 9.95. The molecule has 0 aromatic heterocycles. The van der Waals surface area contributed by atoms with Crippen LogP contribution in [0, 0.1) is 0 Å². The van der Waals surface area contributed by atoms with Crippen molar-refractivity contribution in [1.29, 1.82) is 0 Å². The van der Waals surface area contributed by atoms with E-state index in [1.807, 2.05) is 48.5 Å². The molecule has 0 saturated carbocycles. The summed E-state index contributed by atoms with van der Waals surface area (Å²) in [5.74, 6) is 0. The molecule has 2 unspecified atom stereocenters. The van der Waals surface area contributed by atoms with Crippen LogP contribution in [0.5, 0.6) is 0 Å². The smallest absolute Gasteiger partial charge is 0.187 e. The molecule has 0 bridgehead atoms. The van der Waals surface area contributed by atoms with Crippen molar-refractivity contribution in [3.63, 3.8) is 0 Å². The standard InChI is InChI=1S/C19H21NO2S/c21-23(22)17-12-6-5-11-16(17)18(20-13-7-2-8-14-20)19(23)15-9-3-1-4-10-15/h1,3-6,9-12,18-19H,2,7-8,13-14H2. The van der Waals surface area contributed by atoms with Gasteiger partial charge in [0.25, 0.3) is 0 Å². The second kappa shape index (κ2) is 5.77. The molecule has 2 aliphatic heterocycles. The van der Waals surface area contributed by atoms with Gasteiger partial charge in [-0.2, -0.15) is 0 Å². The molecule has 120 valence electrons. The van der Waals surface area contributed by atoms with Crippen molar-refractivity contribution >= 4 is 9.84 Å². The molecular weight excluding hydrogens is 306 g/mol. The van der Waals surface area contributed by atoms with E-state index in [-0.39, 0.29) is 6.04 Å². The van der Waals surface area contributed by atoms with Gasteiger partial charge in [0.15, 0.2) is 9.84 Å². The van der Waals surface area contributed by atoms with Gasteiger partial charge in [-0.25, -0.2) is 8.42 Å². The number of hydrogen-bond donors (Lipinski definition) is 0. The number of benzene rings is 2. The van der Waals surface area contributed by atoms with Gasteiger partial charge >= 0.3 is 0 Å². The quantitative estimate of drug-likeness (QED) is 0.843. The minimum atomic E-state index is -3.34. The Labute approximate surface area is 137 Å². The number of hydrogen-bond acceptors (Lipinski definition) is 3. The van der Waals surface area contributed by atoms with Crippen LogP contribution in [0.2, 0.25) is 0 Å². The molecule has 2 atom stereocenters. The third-order valence-corrected chi connectivity index (χ3v) is 7.26. The van der Waals surface area contributed by atoms with Crippen LogP contribution in [-0.4, -0.2) is 26.4 Å². The Morgan fingerprint density at radius 3 is 2.22 bits per heavy atom. The van der Waals surface area contributed by atoms with Gasteiger partial charge in [-0.05, 0) is 43.1 Å². The highest BCUT2D eigenvalue weighted by atomic mass is 32.2. The Bertz CT molecular complexity index is 795. The van der Waals surface area contributed by atoms with Crippen molar-refractivity contribution in [2.45, 2.75) is 35.4 Å². The summed E-state index contributed by atoms with van der Waals surface area (Å²) in [4.78, 5) is 2.90. The molecule has 1 saturated heterocycles. The summed E-state index contributed by atoms with van der Waals surface area (Å²) in [7, 11) is -3.34. The molecule has 1 fully saturated rings. The van der Waals surface area contributed by atoms with E-state index in [2.05, 4.69) is 4.90 Å². The fourth-order valence-corrected chi connectivity index (χ4v) is 6.28. The monoisotopic (exact) mass is 327 g/mol. The van der Waals surface area contributed by atoms with Crippen LogP contribution in [0.4, 0.5) is 0 Å². The highest BCUT2D eigenvalue weighted by Crippen LogP contribution is 2.51. The van der Waals surface area contributed by atoms with Gasteiger partial charge < -0.3 is 0 Å². The van der Waals surface area contributed by atoms with E-state index in [0.717, 1.165) is 37.1 Å². The van der Waals surface area contributed by atoms with Crippen molar-refractivity contribution in [1.82, 2.24) is 4.90 Å². The van der Waals surface area contributed by atoms with E-state index in [9.17, 15) is 8.42 Å². The van der Waals surface area contributed by atoms with Gasteiger partial charge in [0, 0.05) is 0 Å². The topological polar surface area (TPSA) is 37.4 Å². The highest BCUT2D eigenvalue weighted by Gasteiger charge is 2.48. The lowest BCUT2D eigenvalue weighted by Gasteiger charge is -2.35. The number of nitrogens with zero attached hydrogens (tertiary/aromatic N) is 1. The molecule has 0 N–H and O–H groups in total. The van der Waals surface area contributed by atoms with Crippen molar-refractivity contribution in [2.24, 2.45) is 0 Å². The lowest BCUT2D eigenvalue weighted by Crippen LogP contribution is -2.36. The number of sulfone groups is 1. The van der Waals surface area contributed by atoms with Gasteiger partial charge in [0.2, 0.25) is 0 Å². The molecule has 4 heteroatoms. The van der Waals surface area contributed by atoms with E-state index < -0.39 is 15.1 Å². The van der Waals surface area contributed by atoms with Gasteiger partial charge in [0.1, 0.15) is 5.25 Å². The fourth-order valence-electron chi connectivity index (χ4n) is 4.04. The normalized spacial score (nSPS) is 26.8. The summed E-state index contributed by atoms with van der Waals surface area (Å²) in [5, 5.41) is -0.487. The Balaban J connectivity index is 1.88. The molecule has 0 amide bonds. The first-order chi connectivity index (χ1) is 11.2. The second-order valence-electron chi connectivity index (χ2n) is 6.46. The second-order valence-corrected chi connectivity index (χ2v) is 8.49. The van der Waals surface area contributed by atoms with Crippen LogP contribution in [0.1, 0.15) is 41.7 Å². The fraction of sp³-hybridized carbons (Fsp3) is 0.368. The average molecular weight is 327 g/mol. The van der Waals surface area contributed by atoms with E-state index >= 15 is 0 Å². The van der Waals surface area contributed by atoms with Crippen LogP contribution >= 0.6 is 0 Å². The minimum absolute atomic E-state index is 0.0566. The summed E-state index contributed by atoms with van der Waals surface area (Å²) in [6.07, 6.45) is 3.55. The van der Waals surface area contributed by atoms with Gasteiger partial charge in [-0.3, -0.25) is 4.90 Å². The van der Waals surface area contributed by atoms with Crippen LogP contribution in [0.3, 0.4) is 0 Å². The average Bonchev–Trinajstić information content (AvgIpc) is 2.84. The van der Waals surface area contributed by atoms with E-state index in [1.165, 1.54) is 6.42 Å². The molecule has 0 spiro atoms. The molecule has 3 nitrogen and oxygen atoms in total. The maximum atomic E-state index is 13.2. The molecule has 23 heavy (non-hydrogen) atoms. The molecule has 2 aromatic carbocycles. The Kier molecular flexibility index (Phi) is 3.74. The van der Waals surface area contributed by atoms with Crippen molar-refractivity contribution in [2.75, 3.05) is 13.1 Å². The first kappa shape index (κ1) is 14.9. The van der Waals surface area contributed by atoms with Crippen molar-refractivity contribution in [3.05, 3.63) is 65.7 Å². The van der Waals surface area contributed by atoms with E-state index in [1.54, 1.807) is 6.07 Å². The zero-order valence-electron chi connectivity index (χ0n) is 13.1. The molecule has 2 aliphatic rings. The van der Waals surface area contributed by atoms with E-state index in [0.29, 0.717) is 4.90 Å². The number of piperidine rings is 1. The lowest BCUT2D eigenvalue weighted by molar-refractivity contribution is 0.160. The maximum Gasteiger partial charge on any atom is 0.187 e. The van der Waals surface area contributed by atoms with Gasteiger partial charge in [-0.1, -0.05) is 55.0 Å². The third kappa shape index (κ3) is 2.41. The first-order valence-corrected chi connectivity index (χ1v) is 9.86. The minimum Gasteiger partial charge on any atom is -0.295 e. The van der Waals surface area contributed by atoms with Crippen LogP contribution in [0.25, 0.3) is 0 Å². The zero-order valence-corrected chi connectivity index (χ0v) is 13.9. The number of fused-ring (bicyclic) bond motifs is 1. The van der Waals surface area contributed by atoms with Gasteiger partial charge in [-0.15, -0.1) is 0 Å². The summed E-state index contributed by atoms with van der Waals surface area (Å²) in [6, 6.07) is 17.2. The third-order valence-electron chi connectivity index (χ3n) is 5.08. The molecule has 4 rings (SSSR count). The van der Waals surface area contributed by atoms with Crippen molar-refractivity contribution in [3.8, 4) is 0 Å². The first-order valence-electron chi connectivity index (χ1n) is 8.31. The van der Waals surface area contributed by atoms with Crippen LogP contribution < -0.4 is 0 Å². The Hall–Kier alpha value is -1.65. The maximum absolute atomic E-state index is 13.2. The summed E-state index contributed by atoms with van der Waals surface area (Å²) >= 11 is 0. The molecular formula is C19H21NO2S. The number of rotatable bonds is 2.